The summed E-state index contributed by atoms with van der Waals surface area (Å²) in [5, 5.41) is 4.58. The Morgan fingerprint density at radius 3 is 2.84 bits per heavy atom. The topological polar surface area (TPSA) is 77.2 Å². The zero-order valence-corrected chi connectivity index (χ0v) is 11.0. The van der Waals surface area contributed by atoms with Crippen LogP contribution in [-0.4, -0.2) is 36.8 Å². The highest BCUT2D eigenvalue weighted by Gasteiger charge is 2.27. The fourth-order valence-electron chi connectivity index (χ4n) is 1.12. The molecule has 1 aromatic heterocycles. The van der Waals surface area contributed by atoms with Crippen LogP contribution in [0.4, 0.5) is 13.2 Å². The summed E-state index contributed by atoms with van der Waals surface area (Å²) in [5.41, 5.74) is 5.80. The van der Waals surface area contributed by atoms with Gasteiger partial charge in [0.1, 0.15) is 17.3 Å². The van der Waals surface area contributed by atoms with Gasteiger partial charge >= 0.3 is 6.18 Å². The van der Waals surface area contributed by atoms with Crippen LogP contribution in [0.15, 0.2) is 5.38 Å². The van der Waals surface area contributed by atoms with E-state index in [-0.39, 0.29) is 24.9 Å². The molecule has 0 spiro atoms. The first kappa shape index (κ1) is 15.9. The van der Waals surface area contributed by atoms with Crippen LogP contribution >= 0.6 is 11.3 Å². The quantitative estimate of drug-likeness (QED) is 0.780. The Bertz CT molecular complexity index is 420. The molecule has 1 unspecified atom stereocenters. The van der Waals surface area contributed by atoms with E-state index in [1.54, 1.807) is 12.3 Å². The van der Waals surface area contributed by atoms with Gasteiger partial charge in [-0.1, -0.05) is 0 Å². The normalized spacial score (nSPS) is 13.3. The maximum absolute atomic E-state index is 11.8. The van der Waals surface area contributed by atoms with Gasteiger partial charge in [0.25, 0.3) is 5.91 Å². The molecule has 0 bridgehead atoms. The van der Waals surface area contributed by atoms with Crippen LogP contribution in [0.25, 0.3) is 0 Å². The molecule has 5 nitrogen and oxygen atoms in total. The Morgan fingerprint density at radius 2 is 2.32 bits per heavy atom. The van der Waals surface area contributed by atoms with Gasteiger partial charge in [-0.25, -0.2) is 4.98 Å². The van der Waals surface area contributed by atoms with Crippen LogP contribution in [0.3, 0.4) is 0 Å². The minimum atomic E-state index is -4.36. The van der Waals surface area contributed by atoms with Crippen LogP contribution in [0.2, 0.25) is 0 Å². The van der Waals surface area contributed by atoms with Crippen molar-refractivity contribution in [2.24, 2.45) is 5.73 Å². The van der Waals surface area contributed by atoms with Crippen molar-refractivity contribution >= 4 is 17.2 Å². The van der Waals surface area contributed by atoms with Gasteiger partial charge < -0.3 is 15.8 Å². The van der Waals surface area contributed by atoms with Crippen LogP contribution in [-0.2, 0) is 4.74 Å². The van der Waals surface area contributed by atoms with Crippen molar-refractivity contribution in [3.05, 3.63) is 16.1 Å². The van der Waals surface area contributed by atoms with Crippen molar-refractivity contribution in [2.45, 2.75) is 19.1 Å². The minimum Gasteiger partial charge on any atom is -0.370 e. The molecule has 1 rings (SSSR count). The predicted octanol–water partition coefficient (Wildman–Crippen LogP) is 1.47. The second-order valence-corrected chi connectivity index (χ2v) is 4.67. The standard InChI is InChI=1S/C10H14F3N3O2S/c1-6(14)9-16-7(4-19-9)8(17)15-2-3-18-5-10(11,12)13/h4,6H,2-3,5,14H2,1H3,(H,15,17). The molecule has 1 amide bonds. The van der Waals surface area contributed by atoms with E-state index in [1.165, 1.54) is 11.3 Å². The Morgan fingerprint density at radius 1 is 1.63 bits per heavy atom. The number of nitrogens with zero attached hydrogens (tertiary/aromatic N) is 1. The molecule has 108 valence electrons. The molecule has 9 heteroatoms. The molecular weight excluding hydrogens is 283 g/mol. The van der Waals surface area contributed by atoms with E-state index < -0.39 is 18.7 Å². The highest BCUT2D eigenvalue weighted by molar-refractivity contribution is 7.09. The number of hydrogen-bond acceptors (Lipinski definition) is 5. The smallest absolute Gasteiger partial charge is 0.370 e. The first-order valence-corrected chi connectivity index (χ1v) is 6.31. The number of halogens is 3. The zero-order valence-electron chi connectivity index (χ0n) is 10.2. The first-order chi connectivity index (χ1) is 8.79. The lowest BCUT2D eigenvalue weighted by atomic mass is 10.4. The Kier molecular flexibility index (Phi) is 5.70. The number of amides is 1. The summed E-state index contributed by atoms with van der Waals surface area (Å²) in [6.45, 7) is 0.190. The van der Waals surface area contributed by atoms with Gasteiger partial charge in [0.15, 0.2) is 0 Å². The van der Waals surface area contributed by atoms with Crippen molar-refractivity contribution < 1.29 is 22.7 Å². The molecule has 0 aliphatic rings. The molecular formula is C10H14F3N3O2S. The monoisotopic (exact) mass is 297 g/mol. The van der Waals surface area contributed by atoms with Gasteiger partial charge in [-0.3, -0.25) is 4.79 Å². The van der Waals surface area contributed by atoms with E-state index in [9.17, 15) is 18.0 Å². The van der Waals surface area contributed by atoms with Crippen LogP contribution in [0.5, 0.6) is 0 Å². The molecule has 0 aliphatic carbocycles. The molecule has 0 aliphatic heterocycles. The van der Waals surface area contributed by atoms with Crippen LogP contribution in [0, 0.1) is 0 Å². The summed E-state index contributed by atoms with van der Waals surface area (Å²) >= 11 is 1.26. The minimum absolute atomic E-state index is 0.0139. The number of nitrogens with one attached hydrogen (secondary N) is 1. The van der Waals surface area contributed by atoms with Gasteiger partial charge in [-0.2, -0.15) is 13.2 Å². The van der Waals surface area contributed by atoms with Crippen LogP contribution in [0.1, 0.15) is 28.5 Å². The number of ether oxygens (including phenoxy) is 1. The summed E-state index contributed by atoms with van der Waals surface area (Å²) in [6.07, 6.45) is -4.36. The number of rotatable bonds is 6. The van der Waals surface area contributed by atoms with E-state index in [2.05, 4.69) is 15.0 Å². The van der Waals surface area contributed by atoms with E-state index in [0.717, 1.165) is 0 Å². The Balaban J connectivity index is 2.27. The molecule has 0 saturated carbocycles. The average Bonchev–Trinajstić information content (AvgIpc) is 2.76. The number of alkyl halides is 3. The van der Waals surface area contributed by atoms with Crippen molar-refractivity contribution in [3.63, 3.8) is 0 Å². The highest BCUT2D eigenvalue weighted by Crippen LogP contribution is 2.16. The molecule has 1 aromatic rings. The fourth-order valence-corrected chi connectivity index (χ4v) is 1.87. The maximum atomic E-state index is 11.8. The summed E-state index contributed by atoms with van der Waals surface area (Å²) in [7, 11) is 0. The number of hydrogen-bond donors (Lipinski definition) is 2. The molecule has 19 heavy (non-hydrogen) atoms. The lowest BCUT2D eigenvalue weighted by molar-refractivity contribution is -0.173. The molecule has 0 aromatic carbocycles. The summed E-state index contributed by atoms with van der Waals surface area (Å²) in [4.78, 5) is 15.6. The summed E-state index contributed by atoms with van der Waals surface area (Å²) < 4.78 is 39.6. The summed E-state index contributed by atoms with van der Waals surface area (Å²) in [6, 6.07) is -0.262. The third kappa shape index (κ3) is 5.99. The van der Waals surface area contributed by atoms with Crippen molar-refractivity contribution in [1.29, 1.82) is 0 Å². The van der Waals surface area contributed by atoms with Gasteiger partial charge in [-0.05, 0) is 6.92 Å². The fraction of sp³-hybridized carbons (Fsp3) is 0.600. The van der Waals surface area contributed by atoms with Crippen LogP contribution < -0.4 is 11.1 Å². The van der Waals surface area contributed by atoms with Crippen molar-refractivity contribution in [1.82, 2.24) is 10.3 Å². The third-order valence-electron chi connectivity index (χ3n) is 1.94. The van der Waals surface area contributed by atoms with Gasteiger partial charge in [0, 0.05) is 11.9 Å². The SMILES string of the molecule is CC(N)c1nc(C(=O)NCCOCC(F)(F)F)cs1. The maximum Gasteiger partial charge on any atom is 0.411 e. The third-order valence-corrected chi connectivity index (χ3v) is 2.99. The number of carbonyl (C=O) groups is 1. The van der Waals surface area contributed by atoms with Gasteiger partial charge in [-0.15, -0.1) is 11.3 Å². The van der Waals surface area contributed by atoms with Crippen molar-refractivity contribution in [3.8, 4) is 0 Å². The van der Waals surface area contributed by atoms with Gasteiger partial charge in [0.2, 0.25) is 0 Å². The lowest BCUT2D eigenvalue weighted by Gasteiger charge is -2.07. The number of nitrogens with two attached hydrogens (primary N) is 1. The van der Waals surface area contributed by atoms with Gasteiger partial charge in [0.05, 0.1) is 12.6 Å². The highest BCUT2D eigenvalue weighted by atomic mass is 32.1. The van der Waals surface area contributed by atoms with E-state index >= 15 is 0 Å². The zero-order chi connectivity index (χ0) is 14.5. The second-order valence-electron chi connectivity index (χ2n) is 3.78. The molecule has 0 fully saturated rings. The second kappa shape index (κ2) is 6.83. The number of carbonyl (C=O) groups excluding carboxylic acids is 1. The first-order valence-electron chi connectivity index (χ1n) is 5.43. The lowest BCUT2D eigenvalue weighted by Crippen LogP contribution is -2.29. The van der Waals surface area contributed by atoms with Crippen molar-refractivity contribution in [2.75, 3.05) is 19.8 Å². The molecule has 0 radical (unpaired) electrons. The van der Waals surface area contributed by atoms with E-state index in [4.69, 9.17) is 5.73 Å². The Labute approximate surface area is 112 Å². The number of thiazole rings is 1. The molecule has 1 atom stereocenters. The Hall–Kier alpha value is -1.19. The summed E-state index contributed by atoms with van der Waals surface area (Å²) in [5.74, 6) is -0.459. The molecule has 3 N–H and O–H groups in total. The average molecular weight is 297 g/mol. The largest absolute Gasteiger partial charge is 0.411 e. The van der Waals surface area contributed by atoms with E-state index in [1.807, 2.05) is 0 Å². The predicted molar refractivity (Wildman–Crippen MR) is 63.9 cm³/mol. The number of aromatic nitrogens is 1. The van der Waals surface area contributed by atoms with E-state index in [0.29, 0.717) is 5.01 Å². The molecule has 1 heterocycles. The molecule has 0 saturated heterocycles.